The van der Waals surface area contributed by atoms with Gasteiger partial charge in [0.25, 0.3) is 0 Å². The summed E-state index contributed by atoms with van der Waals surface area (Å²) in [6.07, 6.45) is -0.346. The van der Waals surface area contributed by atoms with E-state index < -0.39 is 23.8 Å². The molecule has 0 saturated heterocycles. The fraction of sp³-hybridized carbons (Fsp3) is 0.238. The molecule has 0 radical (unpaired) electrons. The summed E-state index contributed by atoms with van der Waals surface area (Å²) < 4.78 is 11.5. The molecule has 32 heavy (non-hydrogen) atoms. The fourth-order valence-electron chi connectivity index (χ4n) is 2.87. The van der Waals surface area contributed by atoms with Gasteiger partial charge in [-0.2, -0.15) is 0 Å². The number of nitrogens with one attached hydrogen (secondary N) is 1. The number of rotatable bonds is 11. The van der Waals surface area contributed by atoms with Crippen LogP contribution in [0.3, 0.4) is 0 Å². The zero-order valence-corrected chi connectivity index (χ0v) is 17.4. The van der Waals surface area contributed by atoms with Crippen molar-refractivity contribution in [3.8, 4) is 16.4 Å². The summed E-state index contributed by atoms with van der Waals surface area (Å²) in [5.41, 5.74) is 0.480. The molecule has 0 unspecified atom stereocenters. The number of benzene rings is 1. The molecule has 0 bridgehead atoms. The second kappa shape index (κ2) is 9.96. The van der Waals surface area contributed by atoms with Crippen molar-refractivity contribution in [3.05, 3.63) is 35.2 Å². The Hall–Kier alpha value is -3.86. The Bertz CT molecular complexity index is 1180. The Morgan fingerprint density at radius 1 is 1.00 bits per heavy atom. The molecule has 3 aromatic rings. The second-order valence-electron chi connectivity index (χ2n) is 6.73. The van der Waals surface area contributed by atoms with Gasteiger partial charge in [-0.25, -0.2) is 4.79 Å². The van der Waals surface area contributed by atoms with Gasteiger partial charge < -0.3 is 29.8 Å². The highest BCUT2D eigenvalue weighted by atomic mass is 32.1. The number of amides is 1. The number of carboxylic acid groups (broad SMARTS) is 3. The van der Waals surface area contributed by atoms with E-state index in [2.05, 4.69) is 5.32 Å². The van der Waals surface area contributed by atoms with Crippen molar-refractivity contribution in [1.29, 1.82) is 0 Å². The third-order valence-corrected chi connectivity index (χ3v) is 5.45. The predicted octanol–water partition coefficient (Wildman–Crippen LogP) is 3.91. The molecule has 1 amide bonds. The molecule has 4 N–H and O–H groups in total. The molecule has 0 spiro atoms. The van der Waals surface area contributed by atoms with Gasteiger partial charge in [0.05, 0.1) is 23.6 Å². The number of carbonyl (C=O) groups is 4. The van der Waals surface area contributed by atoms with Crippen LogP contribution in [-0.2, 0) is 14.4 Å². The third kappa shape index (κ3) is 5.64. The molecule has 168 valence electrons. The average Bonchev–Trinajstić information content (AvgIpc) is 3.34. The fourth-order valence-corrected chi connectivity index (χ4v) is 3.78. The van der Waals surface area contributed by atoms with Crippen molar-refractivity contribution in [2.45, 2.75) is 25.7 Å². The number of ether oxygens (including phenoxy) is 1. The zero-order chi connectivity index (χ0) is 23.3. The molecule has 10 nitrogen and oxygen atoms in total. The Kier molecular flexibility index (Phi) is 7.11. The Morgan fingerprint density at radius 3 is 2.44 bits per heavy atom. The van der Waals surface area contributed by atoms with Gasteiger partial charge in [-0.05, 0) is 24.6 Å². The highest BCUT2D eigenvalue weighted by Crippen LogP contribution is 2.39. The first kappa shape index (κ1) is 22.8. The number of hydrogen-bond donors (Lipinski definition) is 4. The molecule has 0 atom stereocenters. The predicted molar refractivity (Wildman–Crippen MR) is 114 cm³/mol. The van der Waals surface area contributed by atoms with Crippen molar-refractivity contribution < 1.29 is 43.7 Å². The molecule has 0 saturated carbocycles. The summed E-state index contributed by atoms with van der Waals surface area (Å²) in [5, 5.41) is 30.0. The quantitative estimate of drug-likeness (QED) is 0.310. The van der Waals surface area contributed by atoms with Crippen molar-refractivity contribution >= 4 is 51.8 Å². The third-order valence-electron chi connectivity index (χ3n) is 4.31. The molecule has 0 aliphatic heterocycles. The van der Waals surface area contributed by atoms with Crippen LogP contribution in [0.1, 0.15) is 35.4 Å². The van der Waals surface area contributed by atoms with E-state index in [0.29, 0.717) is 33.8 Å². The normalized spacial score (nSPS) is 10.8. The van der Waals surface area contributed by atoms with Crippen molar-refractivity contribution in [2.75, 3.05) is 11.9 Å². The van der Waals surface area contributed by atoms with Crippen LogP contribution in [0, 0.1) is 0 Å². The molecule has 3 rings (SSSR count). The van der Waals surface area contributed by atoms with E-state index in [9.17, 15) is 24.3 Å². The minimum Gasteiger partial charge on any atom is -0.490 e. The number of fused-ring (bicyclic) bond motifs is 1. The number of carboxylic acids is 3. The number of aromatic carboxylic acids is 1. The van der Waals surface area contributed by atoms with E-state index in [1.807, 2.05) is 0 Å². The minimum absolute atomic E-state index is 0.0203. The average molecular weight is 461 g/mol. The highest BCUT2D eigenvalue weighted by Gasteiger charge is 2.21. The van der Waals surface area contributed by atoms with Gasteiger partial charge in [0.1, 0.15) is 10.6 Å². The molecular formula is C21H19NO9S. The van der Waals surface area contributed by atoms with Crippen molar-refractivity contribution in [2.24, 2.45) is 0 Å². The first-order chi connectivity index (χ1) is 15.2. The van der Waals surface area contributed by atoms with Crippen molar-refractivity contribution in [1.82, 2.24) is 0 Å². The monoisotopic (exact) mass is 461 g/mol. The van der Waals surface area contributed by atoms with Crippen LogP contribution >= 0.6 is 11.3 Å². The second-order valence-corrected chi connectivity index (χ2v) is 7.78. The Balaban J connectivity index is 1.84. The number of carbonyl (C=O) groups excluding carboxylic acids is 1. The van der Waals surface area contributed by atoms with Gasteiger partial charge in [-0.1, -0.05) is 12.1 Å². The number of aliphatic carboxylic acids is 2. The maximum Gasteiger partial charge on any atom is 0.348 e. The van der Waals surface area contributed by atoms with E-state index in [4.69, 9.17) is 19.4 Å². The highest BCUT2D eigenvalue weighted by molar-refractivity contribution is 7.17. The van der Waals surface area contributed by atoms with Gasteiger partial charge >= 0.3 is 17.9 Å². The number of furan rings is 1. The van der Waals surface area contributed by atoms with E-state index in [1.54, 1.807) is 24.3 Å². The smallest absolute Gasteiger partial charge is 0.348 e. The SMILES string of the molecule is O=C(O)CCCOc1cccc2cc(-c3cc(NC(=O)CCC(=O)O)c(C(=O)O)s3)oc12. The van der Waals surface area contributed by atoms with Crippen LogP contribution in [0.2, 0.25) is 0 Å². The van der Waals surface area contributed by atoms with E-state index in [0.717, 1.165) is 11.3 Å². The Morgan fingerprint density at radius 2 is 1.75 bits per heavy atom. The molecule has 1 aromatic carbocycles. The minimum atomic E-state index is -1.24. The molecule has 0 aliphatic rings. The topological polar surface area (TPSA) is 163 Å². The van der Waals surface area contributed by atoms with Crippen LogP contribution in [0.5, 0.6) is 5.75 Å². The van der Waals surface area contributed by atoms with Crippen LogP contribution in [0.4, 0.5) is 5.69 Å². The van der Waals surface area contributed by atoms with Gasteiger partial charge in [-0.15, -0.1) is 11.3 Å². The molecule has 0 fully saturated rings. The van der Waals surface area contributed by atoms with Crippen molar-refractivity contribution in [3.63, 3.8) is 0 Å². The van der Waals surface area contributed by atoms with E-state index >= 15 is 0 Å². The van der Waals surface area contributed by atoms with E-state index in [-0.39, 0.29) is 36.4 Å². The first-order valence-corrected chi connectivity index (χ1v) is 10.3. The number of thiophene rings is 1. The van der Waals surface area contributed by atoms with Gasteiger partial charge in [0.15, 0.2) is 11.3 Å². The van der Waals surface area contributed by atoms with Crippen LogP contribution in [0.25, 0.3) is 21.6 Å². The zero-order valence-electron chi connectivity index (χ0n) is 16.6. The van der Waals surface area contributed by atoms with Crippen LogP contribution < -0.4 is 10.1 Å². The number of anilines is 1. The molecular weight excluding hydrogens is 442 g/mol. The van der Waals surface area contributed by atoms with Crippen LogP contribution in [-0.4, -0.2) is 45.7 Å². The molecule has 2 aromatic heterocycles. The summed E-state index contributed by atoms with van der Waals surface area (Å²) in [5.74, 6) is -3.11. The van der Waals surface area contributed by atoms with Gasteiger partial charge in [-0.3, -0.25) is 14.4 Å². The van der Waals surface area contributed by atoms with Crippen LogP contribution in [0.15, 0.2) is 34.7 Å². The maximum atomic E-state index is 12.0. The number of hydrogen-bond acceptors (Lipinski definition) is 7. The largest absolute Gasteiger partial charge is 0.490 e. The number of para-hydroxylation sites is 1. The maximum absolute atomic E-state index is 12.0. The summed E-state index contributed by atoms with van der Waals surface area (Å²) in [6.45, 7) is 0.191. The lowest BCUT2D eigenvalue weighted by Gasteiger charge is -2.05. The molecule has 0 aliphatic carbocycles. The lowest BCUT2D eigenvalue weighted by molar-refractivity contribution is -0.138. The van der Waals surface area contributed by atoms with Gasteiger partial charge in [0.2, 0.25) is 5.91 Å². The first-order valence-electron chi connectivity index (χ1n) is 9.51. The molecule has 11 heteroatoms. The summed E-state index contributed by atoms with van der Waals surface area (Å²) in [4.78, 5) is 45.1. The summed E-state index contributed by atoms with van der Waals surface area (Å²) >= 11 is 0.902. The standard InChI is InChI=1S/C21H19NO9S/c23-16(6-7-18(26)27)22-12-10-15(32-20(12)21(28)29)14-9-11-3-1-4-13(19(11)31-14)30-8-2-5-17(24)25/h1,3-4,9-10H,2,5-8H2,(H,22,23)(H,24,25)(H,26,27)(H,28,29). The lowest BCUT2D eigenvalue weighted by atomic mass is 10.2. The Labute approximate surface area is 185 Å². The lowest BCUT2D eigenvalue weighted by Crippen LogP contribution is -2.14. The summed E-state index contributed by atoms with van der Waals surface area (Å²) in [6, 6.07) is 8.37. The van der Waals surface area contributed by atoms with Gasteiger partial charge in [0, 0.05) is 18.2 Å². The molecule has 2 heterocycles. The van der Waals surface area contributed by atoms with E-state index in [1.165, 1.54) is 6.07 Å². The summed E-state index contributed by atoms with van der Waals surface area (Å²) in [7, 11) is 0.